The first-order valence-electron chi connectivity index (χ1n) is 14.4. The van der Waals surface area contributed by atoms with E-state index in [0.717, 1.165) is 23.9 Å². The Morgan fingerprint density at radius 1 is 1.18 bits per heavy atom. The summed E-state index contributed by atoms with van der Waals surface area (Å²) < 4.78 is 34.8. The maximum absolute atomic E-state index is 13.5. The van der Waals surface area contributed by atoms with Crippen molar-refractivity contribution in [2.24, 2.45) is 0 Å². The summed E-state index contributed by atoms with van der Waals surface area (Å²) in [5.74, 6) is 0.719. The fourth-order valence-corrected chi connectivity index (χ4v) is 6.66. The summed E-state index contributed by atoms with van der Waals surface area (Å²) in [4.78, 5) is 36.8. The third-order valence-electron chi connectivity index (χ3n) is 6.84. The first-order chi connectivity index (χ1) is 21.2. The standard InChI is InChI=1S/C30H39N7O6S2/c1-30(2,3)43-29(38)36-16-14-24-26(18-36)31-20-32-28(24)34-45(41,42)23-11-12-25(27(17-23)37(39)40)33-21(13-15-35(4)5)19-44-22-9-7-6-8-10-22/h6-12,17,20-21,33H,13-16,18-19H2,1-5H3,(H,31,32,34)/t21-/m1/s1. The first-order valence-corrected chi connectivity index (χ1v) is 16.9. The van der Waals surface area contributed by atoms with Crippen molar-refractivity contribution < 1.29 is 22.9 Å². The predicted octanol–water partition coefficient (Wildman–Crippen LogP) is 5.00. The Bertz CT molecular complexity index is 1610. The lowest BCUT2D eigenvalue weighted by Crippen LogP contribution is -2.40. The maximum Gasteiger partial charge on any atom is 0.410 e. The van der Waals surface area contributed by atoms with E-state index >= 15 is 0 Å². The Labute approximate surface area is 268 Å². The summed E-state index contributed by atoms with van der Waals surface area (Å²) in [5.41, 5.74) is 0.259. The van der Waals surface area contributed by atoms with Crippen LogP contribution in [0, 0.1) is 10.1 Å². The van der Waals surface area contributed by atoms with Crippen molar-refractivity contribution in [2.45, 2.75) is 61.6 Å². The molecule has 0 radical (unpaired) electrons. The largest absolute Gasteiger partial charge is 0.444 e. The number of carbonyl (C=O) groups is 1. The second-order valence-corrected chi connectivity index (χ2v) is 14.7. The van der Waals surface area contributed by atoms with Gasteiger partial charge in [-0.25, -0.2) is 23.2 Å². The van der Waals surface area contributed by atoms with Crippen LogP contribution in [-0.2, 0) is 27.7 Å². The number of nitrogens with one attached hydrogen (secondary N) is 2. The molecule has 3 aromatic rings. The molecule has 0 bridgehead atoms. The number of anilines is 2. The van der Waals surface area contributed by atoms with E-state index in [1.54, 1.807) is 32.5 Å². The summed E-state index contributed by atoms with van der Waals surface area (Å²) in [6.07, 6.45) is 1.74. The highest BCUT2D eigenvalue weighted by molar-refractivity contribution is 7.99. The number of fused-ring (bicyclic) bond motifs is 1. The maximum atomic E-state index is 13.5. The Kier molecular flexibility index (Phi) is 10.9. The molecule has 2 heterocycles. The van der Waals surface area contributed by atoms with E-state index in [-0.39, 0.29) is 41.2 Å². The Morgan fingerprint density at radius 2 is 1.91 bits per heavy atom. The highest BCUT2D eigenvalue weighted by Gasteiger charge is 2.30. The lowest BCUT2D eigenvalue weighted by atomic mass is 10.1. The molecule has 0 aliphatic carbocycles. The van der Waals surface area contributed by atoms with Gasteiger partial charge >= 0.3 is 6.09 Å². The van der Waals surface area contributed by atoms with Crippen LogP contribution in [0.1, 0.15) is 38.4 Å². The van der Waals surface area contributed by atoms with Crippen LogP contribution in [0.5, 0.6) is 0 Å². The zero-order chi connectivity index (χ0) is 32.8. The topological polar surface area (TPSA) is 160 Å². The van der Waals surface area contributed by atoms with Crippen LogP contribution in [0.15, 0.2) is 64.6 Å². The third-order valence-corrected chi connectivity index (χ3v) is 9.36. The number of hydrogen-bond acceptors (Lipinski definition) is 11. The minimum absolute atomic E-state index is 0.0652. The van der Waals surface area contributed by atoms with Crippen LogP contribution in [0.4, 0.5) is 22.0 Å². The monoisotopic (exact) mass is 657 g/mol. The molecule has 1 atom stereocenters. The smallest absolute Gasteiger partial charge is 0.410 e. The van der Waals surface area contributed by atoms with Crippen LogP contribution < -0.4 is 10.0 Å². The van der Waals surface area contributed by atoms with Gasteiger partial charge in [0.15, 0.2) is 0 Å². The van der Waals surface area contributed by atoms with Crippen molar-refractivity contribution in [1.82, 2.24) is 19.8 Å². The number of nitro benzene ring substituents is 1. The fourth-order valence-electron chi connectivity index (χ4n) is 4.61. The van der Waals surface area contributed by atoms with Crippen molar-refractivity contribution in [1.29, 1.82) is 0 Å². The van der Waals surface area contributed by atoms with Gasteiger partial charge in [0.05, 0.1) is 22.1 Å². The number of sulfonamides is 1. The molecule has 4 rings (SSSR count). The highest BCUT2D eigenvalue weighted by Crippen LogP contribution is 2.32. The quantitative estimate of drug-likeness (QED) is 0.153. The average molecular weight is 658 g/mol. The molecule has 1 amide bonds. The Balaban J connectivity index is 1.53. The molecular weight excluding hydrogens is 619 g/mol. The van der Waals surface area contributed by atoms with Crippen molar-refractivity contribution in [3.8, 4) is 0 Å². The SMILES string of the molecule is CN(C)CC[C@H](CSc1ccccc1)Nc1ccc(S(=O)(=O)Nc2ncnc3c2CCN(C(=O)OC(C)(C)C)C3)cc1[N+](=O)[O-]. The van der Waals surface area contributed by atoms with Gasteiger partial charge in [-0.15, -0.1) is 11.8 Å². The molecule has 0 saturated carbocycles. The van der Waals surface area contributed by atoms with E-state index in [9.17, 15) is 23.3 Å². The van der Waals surface area contributed by atoms with Crippen molar-refractivity contribution in [3.63, 3.8) is 0 Å². The van der Waals surface area contributed by atoms with Gasteiger partial charge in [-0.05, 0) is 78.5 Å². The number of rotatable bonds is 12. The van der Waals surface area contributed by atoms with Crippen molar-refractivity contribution in [2.75, 3.05) is 43.0 Å². The highest BCUT2D eigenvalue weighted by atomic mass is 32.2. The molecule has 1 aromatic heterocycles. The number of nitro groups is 1. The number of benzene rings is 2. The van der Waals surface area contributed by atoms with Gasteiger partial charge in [0.1, 0.15) is 23.4 Å². The second kappa shape index (κ2) is 14.4. The zero-order valence-corrected chi connectivity index (χ0v) is 27.7. The summed E-state index contributed by atoms with van der Waals surface area (Å²) in [6, 6.07) is 13.6. The van der Waals surface area contributed by atoms with Crippen molar-refractivity contribution >= 4 is 45.1 Å². The lowest BCUT2D eigenvalue weighted by molar-refractivity contribution is -0.384. The van der Waals surface area contributed by atoms with E-state index in [2.05, 4.69) is 20.0 Å². The van der Waals surface area contributed by atoms with Gasteiger partial charge in [0.2, 0.25) is 0 Å². The molecule has 1 aliphatic heterocycles. The van der Waals surface area contributed by atoms with Crippen LogP contribution in [0.3, 0.4) is 0 Å². The molecule has 1 aliphatic rings. The van der Waals surface area contributed by atoms with E-state index < -0.39 is 26.6 Å². The number of aromatic nitrogens is 2. The van der Waals surface area contributed by atoms with Crippen LogP contribution in [0.25, 0.3) is 0 Å². The number of thioether (sulfide) groups is 1. The average Bonchev–Trinajstić information content (AvgIpc) is 2.97. The van der Waals surface area contributed by atoms with Gasteiger partial charge < -0.3 is 19.9 Å². The number of carbonyl (C=O) groups excluding carboxylic acids is 1. The molecule has 15 heteroatoms. The second-order valence-electron chi connectivity index (χ2n) is 11.9. The Morgan fingerprint density at radius 3 is 2.58 bits per heavy atom. The van der Waals surface area contributed by atoms with Crippen LogP contribution in [0.2, 0.25) is 0 Å². The normalized spacial score (nSPS) is 14.0. The van der Waals surface area contributed by atoms with Gasteiger partial charge in [0.25, 0.3) is 15.7 Å². The fraction of sp³-hybridized carbons (Fsp3) is 0.433. The minimum Gasteiger partial charge on any atom is -0.444 e. The summed E-state index contributed by atoms with van der Waals surface area (Å²) in [7, 11) is -0.337. The molecule has 2 aromatic carbocycles. The minimum atomic E-state index is -4.26. The van der Waals surface area contributed by atoms with Gasteiger partial charge in [-0.1, -0.05) is 18.2 Å². The molecule has 0 spiro atoms. The predicted molar refractivity (Wildman–Crippen MR) is 174 cm³/mol. The van der Waals surface area contributed by atoms with Crippen molar-refractivity contribution in [3.05, 3.63) is 76.2 Å². The molecular formula is C30H39N7O6S2. The van der Waals surface area contributed by atoms with E-state index in [1.165, 1.54) is 23.4 Å². The lowest BCUT2D eigenvalue weighted by Gasteiger charge is -2.31. The van der Waals surface area contributed by atoms with Gasteiger partial charge in [0, 0.05) is 34.9 Å². The molecule has 45 heavy (non-hydrogen) atoms. The number of amides is 1. The van der Waals surface area contributed by atoms with E-state index in [0.29, 0.717) is 23.4 Å². The number of hydrogen-bond donors (Lipinski definition) is 2. The Hall–Kier alpha value is -3.95. The van der Waals surface area contributed by atoms with Crippen LogP contribution >= 0.6 is 11.8 Å². The van der Waals surface area contributed by atoms with Crippen LogP contribution in [-0.4, -0.2) is 83.8 Å². The molecule has 0 saturated heterocycles. The molecule has 0 unspecified atom stereocenters. The summed E-state index contributed by atoms with van der Waals surface area (Å²) in [6.45, 7) is 6.51. The summed E-state index contributed by atoms with van der Waals surface area (Å²) >= 11 is 1.64. The van der Waals surface area contributed by atoms with E-state index in [4.69, 9.17) is 4.74 Å². The number of ether oxygens (including phenoxy) is 1. The first kappa shape index (κ1) is 33.9. The van der Waals surface area contributed by atoms with E-state index in [1.807, 2.05) is 49.3 Å². The van der Waals surface area contributed by atoms with Gasteiger partial charge in [-0.2, -0.15) is 0 Å². The van der Waals surface area contributed by atoms with Gasteiger partial charge in [-0.3, -0.25) is 14.8 Å². The molecule has 0 fully saturated rings. The molecule has 242 valence electrons. The third kappa shape index (κ3) is 9.52. The molecule has 2 N–H and O–H groups in total. The summed E-state index contributed by atoms with van der Waals surface area (Å²) in [5, 5.41) is 15.4. The number of nitrogens with zero attached hydrogens (tertiary/aromatic N) is 5. The zero-order valence-electron chi connectivity index (χ0n) is 26.0. The molecule has 13 nitrogen and oxygen atoms in total.